The number of H-pyrrole nitrogens is 2. The van der Waals surface area contributed by atoms with Crippen LogP contribution in [0.5, 0.6) is 0 Å². The second-order valence-corrected chi connectivity index (χ2v) is 23.5. The van der Waals surface area contributed by atoms with Gasteiger partial charge in [0.15, 0.2) is 35.1 Å². The summed E-state index contributed by atoms with van der Waals surface area (Å²) in [5.41, 5.74) is 15.4. The van der Waals surface area contributed by atoms with Crippen LogP contribution in [0.25, 0.3) is 22.3 Å². The van der Waals surface area contributed by atoms with Crippen LogP contribution in [0.3, 0.4) is 0 Å². The predicted octanol–water partition coefficient (Wildman–Crippen LogP) is -8.90. The fraction of sp³-hybridized carbons (Fsp3) is 0.516. The summed E-state index contributed by atoms with van der Waals surface area (Å²) >= 11 is 5.08. The number of anilines is 3. The fourth-order valence-corrected chi connectivity index (χ4v) is 12.9. The number of hydrogen-bond donors (Lipinski definition) is 11. The zero-order chi connectivity index (χ0) is 53.6. The number of imidazole rings is 2. The van der Waals surface area contributed by atoms with Crippen molar-refractivity contribution < 1.29 is 109 Å². The van der Waals surface area contributed by atoms with Crippen LogP contribution in [0.15, 0.2) is 28.6 Å². The summed E-state index contributed by atoms with van der Waals surface area (Å²) in [6.45, 7) is -8.38. The van der Waals surface area contributed by atoms with E-state index >= 15 is 0 Å². The molecule has 5 aromatic rings. The van der Waals surface area contributed by atoms with Gasteiger partial charge in [-0.25, -0.2) is 33.5 Å². The second-order valence-electron chi connectivity index (χ2n) is 16.3. The highest BCUT2D eigenvalue weighted by Crippen LogP contribution is 2.63. The van der Waals surface area contributed by atoms with Gasteiger partial charge in [-0.2, -0.15) is 4.98 Å². The van der Waals surface area contributed by atoms with Crippen molar-refractivity contribution >= 4 is 99.9 Å². The number of phosphoric acid groups is 3. The SMILES string of the molecule is C[NH+]1C=[N+]([C@@H]2O[C@H](COP(=O)([O-])OP(=O)([O-])OP(=O)([O-])OC[C@H]3O[C@@H](n4cnc5c(N)ncnc54)[C@H](OP([O-])(=S)OC[C@H]4O[C@@H](n5cnc6c(=O)[nH]c(N)nc65)[C@H](O)[C@@H]4O)[C@@H]3O)[C@@H](O)[C@H]2O)c2nc(N)[nH]c(=O)c21. The first kappa shape index (κ1) is 54.2. The minimum atomic E-state index is -6.54. The van der Waals surface area contributed by atoms with Crippen LogP contribution in [-0.4, -0.2) is 173 Å². The van der Waals surface area contributed by atoms with Gasteiger partial charge in [-0.15, -0.1) is 4.58 Å². The minimum Gasteiger partial charge on any atom is -0.780 e. The van der Waals surface area contributed by atoms with Crippen molar-refractivity contribution in [1.29, 1.82) is 0 Å². The first-order valence-electron chi connectivity index (χ1n) is 20.8. The molecule has 0 spiro atoms. The lowest BCUT2D eigenvalue weighted by Crippen LogP contribution is -3.03. The second kappa shape index (κ2) is 20.1. The van der Waals surface area contributed by atoms with Gasteiger partial charge in [0.1, 0.15) is 73.5 Å². The molecule has 0 amide bonds. The Morgan fingerprint density at radius 2 is 1.27 bits per heavy atom. The molecule has 5 unspecified atom stereocenters. The lowest BCUT2D eigenvalue weighted by atomic mass is 10.1. The van der Waals surface area contributed by atoms with E-state index in [0.29, 0.717) is 4.90 Å². The standard InChI is InChI=1S/C31H41N15O23P4S/c1-43-8-46(24-14(43)26(53)42-31(34)40-24)28-19(51)15(47)9(65-28)2-61-70(54,55)68-72(58,59)69-71(56,57)62-3-11-17(49)20(29(66-11)44-6-37-12-21(32)35-5-36-22(12)44)67-73(60,74)63-4-10-16(48)18(50)27(64-10)45-7-38-13-23(45)39-30(33)41-25(13)52/h5-11,15-20,27-29,47-51H,2-4H2,1H3,(H11-,32,33,34,35,36,39,40,41,42,52,53,54,55,56,57,58,59,60,74)/p-2/t9-,10-,11-,15-,16-,17-,18-,19-,20-,27-,28-,29-,73?/m1/s1. The number of hydrogen-bond acceptors (Lipinski definition) is 33. The van der Waals surface area contributed by atoms with E-state index in [1.807, 2.05) is 0 Å². The topological polar surface area (TPSA) is 566 Å². The number of phosphoric ester groups is 2. The molecule has 9 heterocycles. The average molecular weight is 1150 g/mol. The van der Waals surface area contributed by atoms with E-state index in [9.17, 15) is 68.4 Å². The molecular formula is C31H39N15O23P4S-2. The van der Waals surface area contributed by atoms with Gasteiger partial charge in [0.25, 0.3) is 41.1 Å². The molecule has 3 saturated heterocycles. The minimum absolute atomic E-state index is 0.0318. The maximum atomic E-state index is 13.8. The number of aromatic amines is 2. The molecule has 17 atom stereocenters. The number of ether oxygens (including phenoxy) is 3. The highest BCUT2D eigenvalue weighted by atomic mass is 32.5. The average Bonchev–Trinajstić information content (AvgIpc) is 4.15. The molecule has 0 aromatic carbocycles. The predicted molar refractivity (Wildman–Crippen MR) is 233 cm³/mol. The van der Waals surface area contributed by atoms with Crippen LogP contribution in [-0.2, 0) is 66.4 Å². The molecular weight excluding hydrogens is 1110 g/mol. The number of fused-ring (bicyclic) bond motifs is 3. The van der Waals surface area contributed by atoms with Gasteiger partial charge in [-0.3, -0.25) is 42.4 Å². The zero-order valence-electron chi connectivity index (χ0n) is 36.9. The van der Waals surface area contributed by atoms with Gasteiger partial charge < -0.3 is 94.6 Å². The molecule has 43 heteroatoms. The molecule has 9 rings (SSSR count). The Kier molecular flexibility index (Phi) is 14.7. The van der Waals surface area contributed by atoms with E-state index in [1.165, 1.54) is 13.4 Å². The quantitative estimate of drug-likeness (QED) is 0.0287. The van der Waals surface area contributed by atoms with E-state index in [0.717, 1.165) is 32.7 Å². The summed E-state index contributed by atoms with van der Waals surface area (Å²) in [6, 6.07) is 0. The molecule has 0 saturated carbocycles. The Morgan fingerprint density at radius 3 is 1.95 bits per heavy atom. The number of nitrogens with zero attached hydrogens (tertiary/aromatic N) is 9. The van der Waals surface area contributed by atoms with Crippen LogP contribution < -0.4 is 52.8 Å². The molecule has 0 bridgehead atoms. The van der Waals surface area contributed by atoms with Gasteiger partial charge in [-0.1, -0.05) is 11.8 Å². The van der Waals surface area contributed by atoms with Gasteiger partial charge in [0.05, 0.1) is 39.5 Å². The summed E-state index contributed by atoms with van der Waals surface area (Å²) in [4.78, 5) is 105. The smallest absolute Gasteiger partial charge is 0.401 e. The number of aromatic nitrogens is 10. The highest BCUT2D eigenvalue weighted by molar-refractivity contribution is 8.06. The zero-order valence-corrected chi connectivity index (χ0v) is 41.3. The van der Waals surface area contributed by atoms with Crippen LogP contribution in [0, 0.1) is 0 Å². The first-order chi connectivity index (χ1) is 34.6. The first-order valence-corrected chi connectivity index (χ1v) is 27.7. The van der Waals surface area contributed by atoms with Crippen molar-refractivity contribution in [1.82, 2.24) is 49.0 Å². The molecule has 3 fully saturated rings. The summed E-state index contributed by atoms with van der Waals surface area (Å²) < 4.78 is 86.1. The lowest BCUT2D eigenvalue weighted by Gasteiger charge is -2.35. The maximum absolute atomic E-state index is 13.8. The van der Waals surface area contributed by atoms with Crippen LogP contribution >= 0.6 is 30.2 Å². The monoisotopic (exact) mass is 1150 g/mol. The van der Waals surface area contributed by atoms with Gasteiger partial charge in [0.2, 0.25) is 12.2 Å². The summed E-state index contributed by atoms with van der Waals surface area (Å²) in [5.74, 6) is -0.856. The lowest BCUT2D eigenvalue weighted by molar-refractivity contribution is -0.715. The van der Waals surface area contributed by atoms with Crippen molar-refractivity contribution in [3.05, 3.63) is 39.7 Å². The van der Waals surface area contributed by atoms with Crippen molar-refractivity contribution in [2.24, 2.45) is 0 Å². The number of quaternary nitrogens is 1. The van der Waals surface area contributed by atoms with Crippen LogP contribution in [0.4, 0.5) is 29.2 Å². The third-order valence-electron chi connectivity index (χ3n) is 11.4. The third-order valence-corrected chi connectivity index (χ3v) is 17.1. The molecule has 5 aromatic heterocycles. The van der Waals surface area contributed by atoms with E-state index in [1.54, 1.807) is 0 Å². The van der Waals surface area contributed by atoms with E-state index in [2.05, 4.69) is 57.5 Å². The molecule has 0 radical (unpaired) electrons. The summed E-state index contributed by atoms with van der Waals surface area (Å²) in [7, 11) is -17.4. The van der Waals surface area contributed by atoms with Gasteiger partial charge in [0, 0.05) is 4.98 Å². The normalized spacial score (nSPS) is 32.3. The number of nitrogens with two attached hydrogens (primary N) is 3. The van der Waals surface area contributed by atoms with Crippen LogP contribution in [0.1, 0.15) is 12.5 Å². The molecule has 74 heavy (non-hydrogen) atoms. The number of rotatable bonds is 18. The number of aliphatic hydroxyl groups excluding tert-OH is 5. The van der Waals surface area contributed by atoms with Crippen molar-refractivity contribution in [2.75, 3.05) is 44.1 Å². The van der Waals surface area contributed by atoms with Crippen LogP contribution in [0.2, 0.25) is 0 Å². The summed E-state index contributed by atoms with van der Waals surface area (Å²) in [5, 5.41) is 54.4. The Hall–Kier alpha value is -4.57. The largest absolute Gasteiger partial charge is 0.780 e. The van der Waals surface area contributed by atoms with Crippen molar-refractivity contribution in [3.8, 4) is 0 Å². The van der Waals surface area contributed by atoms with Gasteiger partial charge >= 0.3 is 17.3 Å². The molecule has 14 N–H and O–H groups in total. The van der Waals surface area contributed by atoms with Crippen molar-refractivity contribution in [2.45, 2.75) is 73.6 Å². The highest BCUT2D eigenvalue weighted by Gasteiger charge is 2.53. The molecule has 4 aliphatic rings. The Bertz CT molecular complexity index is 3350. The molecule has 0 aliphatic carbocycles. The summed E-state index contributed by atoms with van der Waals surface area (Å²) in [6.07, 6.45) is -16.8. The third kappa shape index (κ3) is 10.7. The molecule has 38 nitrogen and oxygen atoms in total. The Balaban J connectivity index is 0.831. The maximum Gasteiger partial charge on any atom is 0.401 e. The van der Waals surface area contributed by atoms with Gasteiger partial charge in [-0.05, 0) is 0 Å². The number of nitrogens with one attached hydrogen (secondary N) is 3. The number of nitrogen functional groups attached to an aromatic ring is 3. The van der Waals surface area contributed by atoms with Crippen molar-refractivity contribution in [3.63, 3.8) is 0 Å². The Morgan fingerprint density at radius 1 is 0.716 bits per heavy atom. The molecule has 404 valence electrons. The van der Waals surface area contributed by atoms with E-state index in [4.69, 9.17) is 52.3 Å². The van der Waals surface area contributed by atoms with E-state index in [-0.39, 0.29) is 51.5 Å². The Labute approximate surface area is 414 Å². The molecule has 4 aliphatic heterocycles. The van der Waals surface area contributed by atoms with E-state index < -0.39 is 135 Å². The number of aliphatic hydroxyl groups is 5. The fourth-order valence-electron chi connectivity index (χ4n) is 8.10.